The highest BCUT2D eigenvalue weighted by Gasteiger charge is 2.31. The Kier molecular flexibility index (Phi) is 9.44. The monoisotopic (exact) mass is 347 g/mol. The number of nitrogens with zero attached hydrogens (tertiary/aromatic N) is 1. The van der Waals surface area contributed by atoms with Crippen LogP contribution in [0.1, 0.15) is 12.0 Å². The summed E-state index contributed by atoms with van der Waals surface area (Å²) in [6.07, 6.45) is -4.39. The molecule has 21 heavy (non-hydrogen) atoms. The van der Waals surface area contributed by atoms with E-state index in [2.05, 4.69) is 5.32 Å². The third-order valence-corrected chi connectivity index (χ3v) is 2.45. The summed E-state index contributed by atoms with van der Waals surface area (Å²) in [4.78, 5) is 13.1. The van der Waals surface area contributed by atoms with E-state index in [1.54, 1.807) is 19.0 Å². The van der Waals surface area contributed by atoms with Gasteiger partial charge in [0, 0.05) is 27.1 Å². The number of benzene rings is 1. The third kappa shape index (κ3) is 6.41. The van der Waals surface area contributed by atoms with Crippen molar-refractivity contribution in [3.63, 3.8) is 0 Å². The summed E-state index contributed by atoms with van der Waals surface area (Å²) in [5.41, 5.74) is 5.05. The fourth-order valence-electron chi connectivity index (χ4n) is 1.55. The Morgan fingerprint density at radius 1 is 1.29 bits per heavy atom. The van der Waals surface area contributed by atoms with Crippen molar-refractivity contribution < 1.29 is 18.0 Å². The van der Waals surface area contributed by atoms with Crippen LogP contribution in [0.2, 0.25) is 0 Å². The first kappa shape index (κ1) is 22.1. The molecule has 0 aliphatic rings. The van der Waals surface area contributed by atoms with Crippen molar-refractivity contribution in [3.05, 3.63) is 23.8 Å². The molecule has 0 fully saturated rings. The fraction of sp³-hybridized carbons (Fsp3) is 0.417. The molecule has 1 rings (SSSR count). The lowest BCUT2D eigenvalue weighted by molar-refractivity contribution is -0.137. The second kappa shape index (κ2) is 8.96. The average Bonchev–Trinajstić information content (AvgIpc) is 2.27. The highest BCUT2D eigenvalue weighted by molar-refractivity contribution is 5.94. The molecule has 0 spiro atoms. The van der Waals surface area contributed by atoms with Crippen molar-refractivity contribution in [1.82, 2.24) is 0 Å². The zero-order chi connectivity index (χ0) is 14.6. The summed E-state index contributed by atoms with van der Waals surface area (Å²) < 4.78 is 37.9. The topological polar surface area (TPSA) is 58.4 Å². The van der Waals surface area contributed by atoms with Crippen LogP contribution in [0.5, 0.6) is 0 Å². The van der Waals surface area contributed by atoms with Gasteiger partial charge in [-0.2, -0.15) is 13.2 Å². The number of halogens is 5. The lowest BCUT2D eigenvalue weighted by Gasteiger charge is -2.19. The van der Waals surface area contributed by atoms with E-state index in [0.717, 1.165) is 12.1 Å². The van der Waals surface area contributed by atoms with Gasteiger partial charge in [-0.05, 0) is 18.2 Å². The fourth-order valence-corrected chi connectivity index (χ4v) is 1.55. The van der Waals surface area contributed by atoms with E-state index in [0.29, 0.717) is 5.69 Å². The molecule has 0 heterocycles. The minimum atomic E-state index is -4.45. The van der Waals surface area contributed by atoms with Crippen molar-refractivity contribution in [2.75, 3.05) is 30.9 Å². The number of rotatable bonds is 4. The summed E-state index contributed by atoms with van der Waals surface area (Å²) in [5, 5.41) is 2.44. The summed E-state index contributed by atoms with van der Waals surface area (Å²) in [6, 6.07) is 3.22. The highest BCUT2D eigenvalue weighted by atomic mass is 35.5. The molecule has 1 aromatic rings. The minimum Gasteiger partial charge on any atom is -0.376 e. The second-order valence-electron chi connectivity index (χ2n) is 4.21. The van der Waals surface area contributed by atoms with E-state index in [1.807, 2.05) is 0 Å². The number of nitrogens with two attached hydrogens (primary N) is 1. The van der Waals surface area contributed by atoms with Gasteiger partial charge in [-0.3, -0.25) is 4.79 Å². The standard InChI is InChI=1S/C12H16F3N3O.2ClH/c1-18(2)10-4-3-8(12(13,14)15)7-9(10)17-11(19)5-6-16;;/h3-4,7H,5-6,16H2,1-2H3,(H,17,19);2*1H. The van der Waals surface area contributed by atoms with Crippen LogP contribution in [-0.4, -0.2) is 26.5 Å². The lowest BCUT2D eigenvalue weighted by Crippen LogP contribution is -2.20. The number of anilines is 2. The Bertz CT molecular complexity index is 468. The van der Waals surface area contributed by atoms with Crippen molar-refractivity contribution >= 4 is 42.1 Å². The van der Waals surface area contributed by atoms with Crippen LogP contribution in [0.4, 0.5) is 24.5 Å². The van der Waals surface area contributed by atoms with E-state index >= 15 is 0 Å². The number of carbonyl (C=O) groups is 1. The zero-order valence-electron chi connectivity index (χ0n) is 11.5. The predicted molar refractivity (Wildman–Crippen MR) is 82.6 cm³/mol. The molecule has 0 saturated heterocycles. The smallest absolute Gasteiger partial charge is 0.376 e. The van der Waals surface area contributed by atoms with Gasteiger partial charge in [0.05, 0.1) is 16.9 Å². The average molecular weight is 348 g/mol. The van der Waals surface area contributed by atoms with Gasteiger partial charge in [0.15, 0.2) is 0 Å². The normalized spacial score (nSPS) is 10.2. The molecule has 0 unspecified atom stereocenters. The minimum absolute atomic E-state index is 0. The maximum atomic E-state index is 12.6. The number of amides is 1. The maximum Gasteiger partial charge on any atom is 0.416 e. The van der Waals surface area contributed by atoms with Crippen LogP contribution in [-0.2, 0) is 11.0 Å². The van der Waals surface area contributed by atoms with Crippen molar-refractivity contribution in [3.8, 4) is 0 Å². The summed E-state index contributed by atoms with van der Waals surface area (Å²) in [6.45, 7) is 0.141. The zero-order valence-corrected chi connectivity index (χ0v) is 13.2. The van der Waals surface area contributed by atoms with Gasteiger partial charge >= 0.3 is 6.18 Å². The number of alkyl halides is 3. The third-order valence-electron chi connectivity index (χ3n) is 2.45. The number of hydrogen-bond donors (Lipinski definition) is 2. The second-order valence-corrected chi connectivity index (χ2v) is 4.21. The number of nitrogens with one attached hydrogen (secondary N) is 1. The van der Waals surface area contributed by atoms with Crippen LogP contribution < -0.4 is 16.0 Å². The van der Waals surface area contributed by atoms with Crippen LogP contribution in [0, 0.1) is 0 Å². The lowest BCUT2D eigenvalue weighted by atomic mass is 10.1. The maximum absolute atomic E-state index is 12.6. The van der Waals surface area contributed by atoms with E-state index in [9.17, 15) is 18.0 Å². The Morgan fingerprint density at radius 3 is 2.29 bits per heavy atom. The van der Waals surface area contributed by atoms with Gasteiger partial charge in [-0.1, -0.05) is 0 Å². The molecular formula is C12H18Cl2F3N3O. The Hall–Kier alpha value is -1.18. The summed E-state index contributed by atoms with van der Waals surface area (Å²) in [7, 11) is 3.36. The number of carbonyl (C=O) groups excluding carboxylic acids is 1. The van der Waals surface area contributed by atoms with E-state index in [1.165, 1.54) is 6.07 Å². The Morgan fingerprint density at radius 2 is 1.86 bits per heavy atom. The van der Waals surface area contributed by atoms with Crippen LogP contribution in [0.3, 0.4) is 0 Å². The van der Waals surface area contributed by atoms with Gasteiger partial charge in [0.2, 0.25) is 5.91 Å². The highest BCUT2D eigenvalue weighted by Crippen LogP contribution is 2.34. The van der Waals surface area contributed by atoms with Gasteiger partial charge in [-0.15, -0.1) is 24.8 Å². The van der Waals surface area contributed by atoms with E-state index in [4.69, 9.17) is 5.73 Å². The van der Waals surface area contributed by atoms with Crippen molar-refractivity contribution in [1.29, 1.82) is 0 Å². The first-order chi connectivity index (χ1) is 8.75. The van der Waals surface area contributed by atoms with Crippen LogP contribution >= 0.6 is 24.8 Å². The SMILES string of the molecule is CN(C)c1ccc(C(F)(F)F)cc1NC(=O)CCN.Cl.Cl. The molecule has 0 aromatic heterocycles. The predicted octanol–water partition coefficient (Wildman–Crippen LogP) is 2.90. The van der Waals surface area contributed by atoms with E-state index < -0.39 is 17.6 Å². The Labute approximate surface area is 133 Å². The molecule has 1 aromatic carbocycles. The molecule has 3 N–H and O–H groups in total. The van der Waals surface area contributed by atoms with Crippen LogP contribution in [0.25, 0.3) is 0 Å². The largest absolute Gasteiger partial charge is 0.416 e. The van der Waals surface area contributed by atoms with Crippen molar-refractivity contribution in [2.45, 2.75) is 12.6 Å². The van der Waals surface area contributed by atoms with Crippen molar-refractivity contribution in [2.24, 2.45) is 5.73 Å². The molecule has 0 saturated carbocycles. The quantitative estimate of drug-likeness (QED) is 0.880. The van der Waals surface area contributed by atoms with Crippen LogP contribution in [0.15, 0.2) is 18.2 Å². The molecule has 0 aliphatic carbocycles. The molecule has 0 atom stereocenters. The molecular weight excluding hydrogens is 330 g/mol. The molecule has 0 aliphatic heterocycles. The van der Waals surface area contributed by atoms with Gasteiger partial charge in [0.25, 0.3) is 0 Å². The molecule has 0 radical (unpaired) electrons. The van der Waals surface area contributed by atoms with E-state index in [-0.39, 0.29) is 43.5 Å². The molecule has 122 valence electrons. The first-order valence-electron chi connectivity index (χ1n) is 5.64. The first-order valence-corrected chi connectivity index (χ1v) is 5.64. The van der Waals surface area contributed by atoms with Gasteiger partial charge < -0.3 is 16.0 Å². The molecule has 0 bridgehead atoms. The summed E-state index contributed by atoms with van der Waals surface area (Å²) in [5.74, 6) is -0.412. The molecule has 9 heteroatoms. The van der Waals surface area contributed by atoms with Gasteiger partial charge in [0.1, 0.15) is 0 Å². The Balaban J connectivity index is 0. The summed E-state index contributed by atoms with van der Waals surface area (Å²) >= 11 is 0. The number of hydrogen-bond acceptors (Lipinski definition) is 3. The molecule has 4 nitrogen and oxygen atoms in total. The molecule has 1 amide bonds. The van der Waals surface area contributed by atoms with Gasteiger partial charge in [-0.25, -0.2) is 0 Å².